The van der Waals surface area contributed by atoms with Crippen LogP contribution in [-0.4, -0.2) is 24.7 Å². The Morgan fingerprint density at radius 2 is 2.42 bits per heavy atom. The van der Waals surface area contributed by atoms with Crippen molar-refractivity contribution in [2.24, 2.45) is 11.8 Å². The van der Waals surface area contributed by atoms with E-state index in [1.165, 1.54) is 17.9 Å². The van der Waals surface area contributed by atoms with Crippen molar-refractivity contribution in [3.05, 3.63) is 0 Å². The second kappa shape index (κ2) is 5.84. The predicted molar refractivity (Wildman–Crippen MR) is 54.2 cm³/mol. The molecule has 1 aliphatic rings. The Kier molecular flexibility index (Phi) is 5.04. The van der Waals surface area contributed by atoms with E-state index >= 15 is 0 Å². The largest absolute Gasteiger partial charge is 0.302 e. The molecule has 0 radical (unpaired) electrons. The molecule has 0 aliphatic carbocycles. The molecule has 0 amide bonds. The molecule has 0 bridgehead atoms. The van der Waals surface area contributed by atoms with Crippen LogP contribution in [-0.2, 0) is 4.84 Å². The van der Waals surface area contributed by atoms with Gasteiger partial charge < -0.3 is 4.84 Å². The predicted octanol–water partition coefficient (Wildman–Crippen LogP) is 1.92. The highest BCUT2D eigenvalue weighted by Gasteiger charge is 2.14. The van der Waals surface area contributed by atoms with E-state index in [1.807, 2.05) is 0 Å². The highest BCUT2D eigenvalue weighted by atomic mass is 32.2. The molecule has 3 heteroatoms. The first-order valence-corrected chi connectivity index (χ1v) is 5.87. The Balaban J connectivity index is 1.88. The maximum absolute atomic E-state index is 5.30. The lowest BCUT2D eigenvalue weighted by atomic mass is 10.1. The Bertz CT molecular complexity index is 113. The molecule has 0 saturated carbocycles. The molecule has 2 nitrogen and oxygen atoms in total. The van der Waals surface area contributed by atoms with Gasteiger partial charge in [0.2, 0.25) is 0 Å². The van der Waals surface area contributed by atoms with Crippen LogP contribution in [0.25, 0.3) is 0 Å². The van der Waals surface area contributed by atoms with E-state index in [2.05, 4.69) is 31.1 Å². The van der Waals surface area contributed by atoms with Crippen LogP contribution in [0.2, 0.25) is 0 Å². The van der Waals surface area contributed by atoms with Crippen molar-refractivity contribution >= 4 is 11.8 Å². The van der Waals surface area contributed by atoms with Crippen LogP contribution >= 0.6 is 11.8 Å². The van der Waals surface area contributed by atoms with Gasteiger partial charge in [0.25, 0.3) is 0 Å². The molecule has 1 aliphatic heterocycles. The summed E-state index contributed by atoms with van der Waals surface area (Å²) in [6, 6.07) is 0. The maximum atomic E-state index is 5.30. The SMILES string of the molecule is CC(C)CONCC1CCSC1. The molecule has 1 saturated heterocycles. The highest BCUT2D eigenvalue weighted by Crippen LogP contribution is 2.22. The van der Waals surface area contributed by atoms with E-state index in [0.29, 0.717) is 5.92 Å². The van der Waals surface area contributed by atoms with Gasteiger partial charge in [-0.3, -0.25) is 0 Å². The van der Waals surface area contributed by atoms with Gasteiger partial charge in [-0.25, -0.2) is 5.48 Å². The fourth-order valence-corrected chi connectivity index (χ4v) is 2.43. The van der Waals surface area contributed by atoms with Crippen LogP contribution in [0, 0.1) is 11.8 Å². The van der Waals surface area contributed by atoms with Gasteiger partial charge in [-0.1, -0.05) is 13.8 Å². The second-order valence-corrected chi connectivity index (χ2v) is 4.93. The van der Waals surface area contributed by atoms with Crippen molar-refractivity contribution < 1.29 is 4.84 Å². The van der Waals surface area contributed by atoms with Gasteiger partial charge in [-0.15, -0.1) is 0 Å². The number of nitrogens with one attached hydrogen (secondary N) is 1. The molecule has 1 fully saturated rings. The van der Waals surface area contributed by atoms with Crippen molar-refractivity contribution in [3.8, 4) is 0 Å². The summed E-state index contributed by atoms with van der Waals surface area (Å²) in [7, 11) is 0. The average Bonchev–Trinajstić information content (AvgIpc) is 2.49. The maximum Gasteiger partial charge on any atom is 0.0705 e. The molecule has 1 rings (SSSR count). The summed E-state index contributed by atoms with van der Waals surface area (Å²) in [5, 5.41) is 0. The monoisotopic (exact) mass is 189 g/mol. The summed E-state index contributed by atoms with van der Waals surface area (Å²) in [4.78, 5) is 5.30. The highest BCUT2D eigenvalue weighted by molar-refractivity contribution is 7.99. The Morgan fingerprint density at radius 1 is 1.58 bits per heavy atom. The molecule has 0 aromatic heterocycles. The summed E-state index contributed by atoms with van der Waals surface area (Å²) in [5.41, 5.74) is 3.05. The quantitative estimate of drug-likeness (QED) is 0.527. The van der Waals surface area contributed by atoms with Crippen LogP contribution in [0.4, 0.5) is 0 Å². The minimum absolute atomic E-state index is 0.621. The number of rotatable bonds is 5. The molecule has 1 heterocycles. The lowest BCUT2D eigenvalue weighted by Gasteiger charge is -2.11. The smallest absolute Gasteiger partial charge is 0.0705 e. The first kappa shape index (κ1) is 10.4. The third kappa shape index (κ3) is 4.33. The van der Waals surface area contributed by atoms with E-state index in [9.17, 15) is 0 Å². The van der Waals surface area contributed by atoms with Crippen molar-refractivity contribution in [1.82, 2.24) is 5.48 Å². The minimum atomic E-state index is 0.621. The van der Waals surface area contributed by atoms with Gasteiger partial charge >= 0.3 is 0 Å². The van der Waals surface area contributed by atoms with Gasteiger partial charge in [0.1, 0.15) is 0 Å². The van der Waals surface area contributed by atoms with E-state index in [-0.39, 0.29) is 0 Å². The van der Waals surface area contributed by atoms with Crippen LogP contribution in [0.3, 0.4) is 0 Å². The van der Waals surface area contributed by atoms with Gasteiger partial charge in [-0.2, -0.15) is 11.8 Å². The zero-order valence-corrected chi connectivity index (χ0v) is 8.82. The van der Waals surface area contributed by atoms with Crippen LogP contribution in [0.15, 0.2) is 0 Å². The van der Waals surface area contributed by atoms with Crippen molar-refractivity contribution in [3.63, 3.8) is 0 Å². The molecule has 1 unspecified atom stereocenters. The summed E-state index contributed by atoms with van der Waals surface area (Å²) in [6.45, 7) is 6.17. The van der Waals surface area contributed by atoms with Crippen molar-refractivity contribution in [2.45, 2.75) is 20.3 Å². The number of hydrogen-bond donors (Lipinski definition) is 1. The van der Waals surface area contributed by atoms with Gasteiger partial charge in [0, 0.05) is 6.54 Å². The molecule has 0 aromatic carbocycles. The topological polar surface area (TPSA) is 21.3 Å². The third-order valence-corrected chi connectivity index (χ3v) is 3.15. The molecule has 12 heavy (non-hydrogen) atoms. The zero-order chi connectivity index (χ0) is 8.81. The van der Waals surface area contributed by atoms with E-state index in [0.717, 1.165) is 19.1 Å². The molecule has 1 N–H and O–H groups in total. The lowest BCUT2D eigenvalue weighted by molar-refractivity contribution is 0.0177. The summed E-state index contributed by atoms with van der Waals surface area (Å²) < 4.78 is 0. The Labute approximate surface area is 79.4 Å². The second-order valence-electron chi connectivity index (χ2n) is 3.78. The summed E-state index contributed by atoms with van der Waals surface area (Å²) >= 11 is 2.05. The molecule has 0 spiro atoms. The summed E-state index contributed by atoms with van der Waals surface area (Å²) in [6.07, 6.45) is 1.35. The van der Waals surface area contributed by atoms with Crippen molar-refractivity contribution in [2.75, 3.05) is 24.7 Å². The van der Waals surface area contributed by atoms with E-state index in [4.69, 9.17) is 4.84 Å². The van der Waals surface area contributed by atoms with E-state index in [1.54, 1.807) is 0 Å². The van der Waals surface area contributed by atoms with Gasteiger partial charge in [-0.05, 0) is 29.8 Å². The zero-order valence-electron chi connectivity index (χ0n) is 8.01. The fraction of sp³-hybridized carbons (Fsp3) is 1.00. The lowest BCUT2D eigenvalue weighted by Crippen LogP contribution is -2.24. The minimum Gasteiger partial charge on any atom is -0.302 e. The molecule has 1 atom stereocenters. The van der Waals surface area contributed by atoms with E-state index < -0.39 is 0 Å². The average molecular weight is 189 g/mol. The number of thioether (sulfide) groups is 1. The first-order valence-electron chi connectivity index (χ1n) is 4.71. The Morgan fingerprint density at radius 3 is 3.00 bits per heavy atom. The standard InChI is InChI=1S/C9H19NOS/c1-8(2)6-11-10-5-9-3-4-12-7-9/h8-10H,3-7H2,1-2H3. The number of hydroxylamine groups is 1. The normalized spacial score (nSPS) is 23.8. The summed E-state index contributed by atoms with van der Waals surface area (Å²) in [5.74, 6) is 4.09. The van der Waals surface area contributed by atoms with Gasteiger partial charge in [0.15, 0.2) is 0 Å². The van der Waals surface area contributed by atoms with Gasteiger partial charge in [0.05, 0.1) is 6.61 Å². The molecular formula is C9H19NOS. The third-order valence-electron chi connectivity index (χ3n) is 1.91. The van der Waals surface area contributed by atoms with Crippen molar-refractivity contribution in [1.29, 1.82) is 0 Å². The van der Waals surface area contributed by atoms with Crippen LogP contribution < -0.4 is 5.48 Å². The van der Waals surface area contributed by atoms with Crippen LogP contribution in [0.5, 0.6) is 0 Å². The number of hydrogen-bond acceptors (Lipinski definition) is 3. The molecule has 72 valence electrons. The van der Waals surface area contributed by atoms with Crippen LogP contribution in [0.1, 0.15) is 20.3 Å². The molecule has 0 aromatic rings. The Hall–Kier alpha value is 0.270. The first-order chi connectivity index (χ1) is 5.79. The molecular weight excluding hydrogens is 170 g/mol. The fourth-order valence-electron chi connectivity index (χ4n) is 1.15.